The highest BCUT2D eigenvalue weighted by Gasteiger charge is 2.21. The lowest BCUT2D eigenvalue weighted by Crippen LogP contribution is -2.43. The summed E-state index contributed by atoms with van der Waals surface area (Å²) in [5.41, 5.74) is 1.34. The second-order valence-electron chi connectivity index (χ2n) is 6.60. The van der Waals surface area contributed by atoms with Gasteiger partial charge in [0, 0.05) is 38.6 Å². The van der Waals surface area contributed by atoms with Gasteiger partial charge in [-0.2, -0.15) is 0 Å². The van der Waals surface area contributed by atoms with E-state index in [9.17, 15) is 9.59 Å². The van der Waals surface area contributed by atoms with Gasteiger partial charge in [-0.25, -0.2) is 9.20 Å². The molecule has 4 aromatic heterocycles. The van der Waals surface area contributed by atoms with E-state index in [2.05, 4.69) is 35.8 Å². The number of nitrogens with zero attached hydrogens (tertiary/aromatic N) is 7. The molecule has 1 aliphatic rings. The molecule has 0 aromatic carbocycles. The van der Waals surface area contributed by atoms with Crippen molar-refractivity contribution in [2.45, 2.75) is 0 Å². The van der Waals surface area contributed by atoms with Crippen molar-refractivity contribution in [2.75, 3.05) is 36.4 Å². The average Bonchev–Trinajstić information content (AvgIpc) is 3.40. The predicted octanol–water partition coefficient (Wildman–Crippen LogP) is -0.0749. The predicted molar refractivity (Wildman–Crippen MR) is 106 cm³/mol. The van der Waals surface area contributed by atoms with Crippen LogP contribution in [0.5, 0.6) is 0 Å². The Morgan fingerprint density at radius 1 is 1.17 bits per heavy atom. The van der Waals surface area contributed by atoms with E-state index in [4.69, 9.17) is 4.42 Å². The molecule has 152 valence electrons. The zero-order valence-corrected chi connectivity index (χ0v) is 15.7. The van der Waals surface area contributed by atoms with Crippen molar-refractivity contribution in [1.82, 2.24) is 34.7 Å². The minimum absolute atomic E-state index is 0.192. The summed E-state index contributed by atoms with van der Waals surface area (Å²) in [6, 6.07) is 6.78. The van der Waals surface area contributed by atoms with E-state index in [1.54, 1.807) is 36.8 Å². The second kappa shape index (κ2) is 7.40. The first-order valence-corrected chi connectivity index (χ1v) is 9.32. The molecular weight excluding hydrogens is 390 g/mol. The third-order valence-electron chi connectivity index (χ3n) is 4.72. The third kappa shape index (κ3) is 3.18. The standard InChI is InChI=1S/C18H17N9O3/c28-15(21-12-11-20-5-4-13(12)25-9-6-19-7-10-25)16-22-23-17(30-16)27-18(29)26-8-2-1-3-14(26)24-27/h1-5,8,11,19H,6-7,9-10H2,(H,21,28). The summed E-state index contributed by atoms with van der Waals surface area (Å²) in [5, 5.41) is 17.7. The summed E-state index contributed by atoms with van der Waals surface area (Å²) in [6.07, 6.45) is 4.82. The number of hydrogen-bond donors (Lipinski definition) is 2. The molecule has 1 aliphatic heterocycles. The number of rotatable bonds is 4. The topological polar surface area (TPSA) is 135 Å². The van der Waals surface area contributed by atoms with Crippen LogP contribution < -0.4 is 21.2 Å². The van der Waals surface area contributed by atoms with Gasteiger partial charge < -0.3 is 20.0 Å². The van der Waals surface area contributed by atoms with Gasteiger partial charge in [0.2, 0.25) is 0 Å². The number of amides is 1. The van der Waals surface area contributed by atoms with Crippen LogP contribution in [-0.4, -0.2) is 61.4 Å². The Bertz CT molecular complexity index is 1270. The highest BCUT2D eigenvalue weighted by molar-refractivity contribution is 6.02. The Morgan fingerprint density at radius 3 is 2.87 bits per heavy atom. The number of piperazine rings is 1. The molecule has 0 saturated carbocycles. The molecule has 4 aromatic rings. The lowest BCUT2D eigenvalue weighted by molar-refractivity contribution is 0.0989. The Morgan fingerprint density at radius 2 is 2.03 bits per heavy atom. The van der Waals surface area contributed by atoms with Crippen LogP contribution in [0.1, 0.15) is 10.7 Å². The Balaban J connectivity index is 1.40. The molecule has 30 heavy (non-hydrogen) atoms. The van der Waals surface area contributed by atoms with Crippen molar-refractivity contribution < 1.29 is 9.21 Å². The summed E-state index contributed by atoms with van der Waals surface area (Å²) in [6.45, 7) is 3.34. The molecule has 0 aliphatic carbocycles. The van der Waals surface area contributed by atoms with Crippen LogP contribution >= 0.6 is 0 Å². The van der Waals surface area contributed by atoms with Gasteiger partial charge in [-0.05, 0) is 18.2 Å². The van der Waals surface area contributed by atoms with Gasteiger partial charge in [0.05, 0.1) is 17.6 Å². The summed E-state index contributed by atoms with van der Waals surface area (Å²) in [5.74, 6) is -0.890. The Kier molecular flexibility index (Phi) is 4.44. The van der Waals surface area contributed by atoms with Gasteiger partial charge in [-0.15, -0.1) is 14.9 Å². The molecule has 12 nitrogen and oxygen atoms in total. The summed E-state index contributed by atoms with van der Waals surface area (Å²) < 4.78 is 7.69. The van der Waals surface area contributed by atoms with E-state index < -0.39 is 11.6 Å². The molecule has 1 fully saturated rings. The number of carbonyl (C=O) groups is 1. The number of pyridine rings is 2. The molecule has 5 rings (SSSR count). The maximum atomic E-state index is 12.7. The smallest absolute Gasteiger partial charge is 0.359 e. The molecule has 0 bridgehead atoms. The maximum absolute atomic E-state index is 12.7. The zero-order valence-electron chi connectivity index (χ0n) is 15.7. The minimum Gasteiger partial charge on any atom is -0.397 e. The van der Waals surface area contributed by atoms with Gasteiger partial charge >= 0.3 is 23.5 Å². The zero-order chi connectivity index (χ0) is 20.5. The first-order valence-electron chi connectivity index (χ1n) is 9.32. The normalized spacial score (nSPS) is 14.2. The average molecular weight is 407 g/mol. The van der Waals surface area contributed by atoms with Crippen LogP contribution in [0.15, 0.2) is 52.1 Å². The van der Waals surface area contributed by atoms with Crippen LogP contribution in [0.4, 0.5) is 11.4 Å². The fourth-order valence-corrected chi connectivity index (χ4v) is 3.28. The molecule has 0 unspecified atom stereocenters. The molecule has 5 heterocycles. The first kappa shape index (κ1) is 18.0. The lowest BCUT2D eigenvalue weighted by Gasteiger charge is -2.30. The number of anilines is 2. The van der Waals surface area contributed by atoms with Crippen LogP contribution in [0.25, 0.3) is 11.7 Å². The van der Waals surface area contributed by atoms with Gasteiger partial charge in [-0.1, -0.05) is 11.2 Å². The quantitative estimate of drug-likeness (QED) is 0.476. The Labute approximate surface area is 169 Å². The van der Waals surface area contributed by atoms with Gasteiger partial charge in [0.1, 0.15) is 0 Å². The molecule has 0 atom stereocenters. The van der Waals surface area contributed by atoms with E-state index in [-0.39, 0.29) is 11.9 Å². The van der Waals surface area contributed by atoms with Gasteiger partial charge in [0.25, 0.3) is 0 Å². The highest BCUT2D eigenvalue weighted by Crippen LogP contribution is 2.25. The van der Waals surface area contributed by atoms with Crippen molar-refractivity contribution >= 4 is 22.9 Å². The van der Waals surface area contributed by atoms with Crippen LogP contribution in [-0.2, 0) is 0 Å². The summed E-state index contributed by atoms with van der Waals surface area (Å²) in [4.78, 5) is 31.4. The van der Waals surface area contributed by atoms with Crippen LogP contribution in [0.3, 0.4) is 0 Å². The van der Waals surface area contributed by atoms with Crippen molar-refractivity contribution in [3.8, 4) is 6.01 Å². The Hall–Kier alpha value is -4.06. The van der Waals surface area contributed by atoms with Gasteiger partial charge in [-0.3, -0.25) is 9.78 Å². The summed E-state index contributed by atoms with van der Waals surface area (Å²) >= 11 is 0. The van der Waals surface area contributed by atoms with E-state index in [1.165, 1.54) is 4.40 Å². The number of nitrogens with one attached hydrogen (secondary N) is 2. The van der Waals surface area contributed by atoms with Crippen LogP contribution in [0, 0.1) is 0 Å². The van der Waals surface area contributed by atoms with Crippen molar-refractivity contribution in [3.63, 3.8) is 0 Å². The third-order valence-corrected chi connectivity index (χ3v) is 4.72. The molecule has 1 amide bonds. The summed E-state index contributed by atoms with van der Waals surface area (Å²) in [7, 11) is 0. The second-order valence-corrected chi connectivity index (χ2v) is 6.60. The molecule has 2 N–H and O–H groups in total. The number of aromatic nitrogens is 6. The molecule has 0 spiro atoms. The van der Waals surface area contributed by atoms with Crippen molar-refractivity contribution in [2.24, 2.45) is 0 Å². The monoisotopic (exact) mass is 407 g/mol. The fraction of sp³-hybridized carbons (Fsp3) is 0.222. The minimum atomic E-state index is -0.602. The number of hydrogen-bond acceptors (Lipinski definition) is 9. The van der Waals surface area contributed by atoms with Crippen molar-refractivity contribution in [1.29, 1.82) is 0 Å². The van der Waals surface area contributed by atoms with Crippen molar-refractivity contribution in [3.05, 3.63) is 59.2 Å². The molecular formula is C18H17N9O3. The first-order chi connectivity index (χ1) is 14.7. The highest BCUT2D eigenvalue weighted by atomic mass is 16.4. The molecule has 12 heteroatoms. The molecule has 0 radical (unpaired) electrons. The van der Waals surface area contributed by atoms with E-state index in [1.807, 2.05) is 6.07 Å². The van der Waals surface area contributed by atoms with E-state index in [0.29, 0.717) is 11.3 Å². The SMILES string of the molecule is O=C(Nc1cnccc1N1CCNCC1)c1nnc(-n2nc3ccccn3c2=O)o1. The van der Waals surface area contributed by atoms with Crippen LogP contribution in [0.2, 0.25) is 0 Å². The largest absolute Gasteiger partial charge is 0.397 e. The lowest BCUT2D eigenvalue weighted by atomic mass is 10.2. The van der Waals surface area contributed by atoms with Gasteiger partial charge in [0.15, 0.2) is 5.65 Å². The van der Waals surface area contributed by atoms with E-state index in [0.717, 1.165) is 36.5 Å². The molecule has 1 saturated heterocycles. The maximum Gasteiger partial charge on any atom is 0.359 e. The fourth-order valence-electron chi connectivity index (χ4n) is 3.28. The van der Waals surface area contributed by atoms with E-state index >= 15 is 0 Å². The number of fused-ring (bicyclic) bond motifs is 1. The number of carbonyl (C=O) groups excluding carboxylic acids is 1.